The second-order valence-electron chi connectivity index (χ2n) is 12.7. The highest BCUT2D eigenvalue weighted by Crippen LogP contribution is 2.36. The quantitative estimate of drug-likeness (QED) is 0.362. The Hall–Kier alpha value is -3.14. The predicted octanol–water partition coefficient (Wildman–Crippen LogP) is 3.20. The number of likely N-dealkylation sites (N-methyl/N-ethyl adjacent to an activating group) is 2. The predicted molar refractivity (Wildman–Crippen MR) is 165 cm³/mol. The monoisotopic (exact) mass is 597 g/mol. The van der Waals surface area contributed by atoms with Gasteiger partial charge in [-0.1, -0.05) is 57.4 Å². The summed E-state index contributed by atoms with van der Waals surface area (Å²) < 4.78 is 5.42. The molecule has 4 atom stereocenters. The average Bonchev–Trinajstić information content (AvgIpc) is 3.45. The summed E-state index contributed by atoms with van der Waals surface area (Å²) in [6, 6.07) is 5.54. The molecule has 1 unspecified atom stereocenters. The van der Waals surface area contributed by atoms with Gasteiger partial charge in [-0.05, 0) is 62.0 Å². The van der Waals surface area contributed by atoms with E-state index >= 15 is 0 Å². The van der Waals surface area contributed by atoms with E-state index in [4.69, 9.17) is 4.74 Å². The number of nitrogens with one attached hydrogen (secondary N) is 3. The maximum Gasteiger partial charge on any atom is 0.318 e. The van der Waals surface area contributed by atoms with Gasteiger partial charge in [0.1, 0.15) is 18.1 Å². The first-order chi connectivity index (χ1) is 20.7. The zero-order valence-corrected chi connectivity index (χ0v) is 26.4. The zero-order valence-electron chi connectivity index (χ0n) is 26.4. The van der Waals surface area contributed by atoms with Crippen LogP contribution in [0.15, 0.2) is 24.3 Å². The lowest BCUT2D eigenvalue weighted by Gasteiger charge is -2.37. The Morgan fingerprint density at radius 1 is 0.953 bits per heavy atom. The number of fused-ring (bicyclic) bond motifs is 1. The van der Waals surface area contributed by atoms with E-state index in [1.54, 1.807) is 11.9 Å². The van der Waals surface area contributed by atoms with Gasteiger partial charge in [-0.2, -0.15) is 0 Å². The third-order valence-electron chi connectivity index (χ3n) is 9.29. The minimum Gasteiger partial charge on any atom is -0.378 e. The van der Waals surface area contributed by atoms with Gasteiger partial charge in [0, 0.05) is 32.6 Å². The number of urea groups is 1. The lowest BCUT2D eigenvalue weighted by molar-refractivity contribution is -0.144. The number of carbonyl (C=O) groups is 4. The molecule has 238 valence electrons. The summed E-state index contributed by atoms with van der Waals surface area (Å²) in [5.41, 5.74) is 2.25. The normalized spacial score (nSPS) is 21.0. The fourth-order valence-electron chi connectivity index (χ4n) is 6.92. The van der Waals surface area contributed by atoms with Crippen LogP contribution in [0.3, 0.4) is 0 Å². The van der Waals surface area contributed by atoms with Crippen molar-refractivity contribution in [3.05, 3.63) is 35.4 Å². The summed E-state index contributed by atoms with van der Waals surface area (Å²) in [7, 11) is 1.68. The molecular weight excluding hydrogens is 546 g/mol. The summed E-state index contributed by atoms with van der Waals surface area (Å²) in [5, 5.41) is 9.09. The van der Waals surface area contributed by atoms with Gasteiger partial charge < -0.3 is 30.5 Å². The van der Waals surface area contributed by atoms with Crippen molar-refractivity contribution in [3.8, 4) is 0 Å². The number of morpholine rings is 1. The molecule has 0 bridgehead atoms. The van der Waals surface area contributed by atoms with Crippen LogP contribution in [0, 0.1) is 11.8 Å². The lowest BCUT2D eigenvalue weighted by Crippen LogP contribution is -2.61. The molecule has 1 saturated carbocycles. The van der Waals surface area contributed by atoms with Crippen molar-refractivity contribution in [1.29, 1.82) is 0 Å². The van der Waals surface area contributed by atoms with Gasteiger partial charge in [0.15, 0.2) is 0 Å². The average molecular weight is 598 g/mol. The minimum atomic E-state index is -0.835. The molecule has 5 amide bonds. The highest BCUT2D eigenvalue weighted by molar-refractivity contribution is 5.94. The highest BCUT2D eigenvalue weighted by atomic mass is 16.5. The molecule has 43 heavy (non-hydrogen) atoms. The van der Waals surface area contributed by atoms with Crippen LogP contribution < -0.4 is 16.0 Å². The van der Waals surface area contributed by atoms with Gasteiger partial charge >= 0.3 is 6.03 Å². The van der Waals surface area contributed by atoms with E-state index in [-0.39, 0.29) is 41.5 Å². The topological polar surface area (TPSA) is 120 Å². The number of benzene rings is 1. The van der Waals surface area contributed by atoms with Crippen LogP contribution >= 0.6 is 0 Å². The smallest absolute Gasteiger partial charge is 0.318 e. The van der Waals surface area contributed by atoms with Gasteiger partial charge in [-0.3, -0.25) is 14.4 Å². The molecule has 1 heterocycles. The van der Waals surface area contributed by atoms with Crippen LogP contribution in [0.25, 0.3) is 0 Å². The van der Waals surface area contributed by atoms with Crippen LogP contribution in [-0.2, 0) is 25.5 Å². The Kier molecular flexibility index (Phi) is 11.8. The summed E-state index contributed by atoms with van der Waals surface area (Å²) in [5.74, 6) is -0.814. The van der Waals surface area contributed by atoms with Gasteiger partial charge in [0.2, 0.25) is 17.7 Å². The number of rotatable bonds is 11. The van der Waals surface area contributed by atoms with Crippen molar-refractivity contribution in [2.24, 2.45) is 11.8 Å². The molecule has 3 aliphatic rings. The van der Waals surface area contributed by atoms with Gasteiger partial charge in [-0.25, -0.2) is 4.79 Å². The number of ether oxygens (including phenoxy) is 1. The molecule has 2 fully saturated rings. The molecule has 1 aromatic rings. The molecule has 0 spiro atoms. The van der Waals surface area contributed by atoms with Crippen LogP contribution in [0.1, 0.15) is 82.8 Å². The standard InChI is InChI=1S/C33H51N5O5/c1-5-34-30(39)27(21-22(2)3)37(4)32(41)28(24-12-7-6-8-13-24)35-31(40)29(36-33(42)38-17-19-43-20-18-38)26-16-15-23-11-9-10-14-25(23)26/h9-11,14,22,24,26-29H,5-8,12-13,15-21H2,1-4H3,(H,34,39)(H,35,40)(H,36,42)/t26?,27-,28-,29-/m1/s1. The molecule has 1 aromatic carbocycles. The Morgan fingerprint density at radius 3 is 2.33 bits per heavy atom. The number of aryl methyl sites for hydroxylation is 1. The first-order valence-corrected chi connectivity index (χ1v) is 16.3. The van der Waals surface area contributed by atoms with E-state index in [9.17, 15) is 19.2 Å². The fraction of sp³-hybridized carbons (Fsp3) is 0.697. The molecule has 4 rings (SSSR count). The second kappa shape index (κ2) is 15.5. The largest absolute Gasteiger partial charge is 0.378 e. The molecule has 10 heteroatoms. The van der Waals surface area contributed by atoms with E-state index in [2.05, 4.69) is 22.0 Å². The highest BCUT2D eigenvalue weighted by Gasteiger charge is 2.41. The summed E-state index contributed by atoms with van der Waals surface area (Å²) in [6.07, 6.45) is 6.84. The van der Waals surface area contributed by atoms with Crippen LogP contribution in [-0.4, -0.2) is 91.6 Å². The molecular formula is C33H51N5O5. The Balaban J connectivity index is 1.61. The van der Waals surface area contributed by atoms with Crippen molar-refractivity contribution >= 4 is 23.8 Å². The Labute approximate surface area is 256 Å². The van der Waals surface area contributed by atoms with E-state index in [0.29, 0.717) is 39.3 Å². The number of nitrogens with zero attached hydrogens (tertiary/aromatic N) is 2. The van der Waals surface area contributed by atoms with Crippen molar-refractivity contribution in [2.75, 3.05) is 39.9 Å². The van der Waals surface area contributed by atoms with Crippen LogP contribution in [0.2, 0.25) is 0 Å². The number of amides is 5. The molecule has 0 radical (unpaired) electrons. The van der Waals surface area contributed by atoms with E-state index in [1.165, 1.54) is 10.5 Å². The molecule has 0 aromatic heterocycles. The van der Waals surface area contributed by atoms with Crippen LogP contribution in [0.4, 0.5) is 4.79 Å². The van der Waals surface area contributed by atoms with E-state index < -0.39 is 18.1 Å². The minimum absolute atomic E-state index is 0.0342. The van der Waals surface area contributed by atoms with Gasteiger partial charge in [0.25, 0.3) is 0 Å². The van der Waals surface area contributed by atoms with E-state index in [1.807, 2.05) is 39.0 Å². The summed E-state index contributed by atoms with van der Waals surface area (Å²) in [4.78, 5) is 58.2. The summed E-state index contributed by atoms with van der Waals surface area (Å²) in [6.45, 7) is 8.26. The Morgan fingerprint density at radius 2 is 1.65 bits per heavy atom. The Bertz CT molecular complexity index is 1110. The SMILES string of the molecule is CCNC(=O)[C@@H](CC(C)C)N(C)C(=O)[C@H](NC(=O)[C@H](NC(=O)N1CCOCC1)C1CCc2ccccc21)C1CCCCC1. The maximum atomic E-state index is 14.3. The number of carbonyl (C=O) groups excluding carboxylic acids is 4. The molecule has 1 saturated heterocycles. The fourth-order valence-corrected chi connectivity index (χ4v) is 6.92. The second-order valence-corrected chi connectivity index (χ2v) is 12.7. The van der Waals surface area contributed by atoms with Crippen molar-refractivity contribution in [1.82, 2.24) is 25.8 Å². The lowest BCUT2D eigenvalue weighted by atomic mass is 9.82. The van der Waals surface area contributed by atoms with Gasteiger partial charge in [-0.15, -0.1) is 0 Å². The first kappa shape index (κ1) is 32.8. The van der Waals surface area contributed by atoms with Crippen molar-refractivity contribution < 1.29 is 23.9 Å². The summed E-state index contributed by atoms with van der Waals surface area (Å²) >= 11 is 0. The zero-order chi connectivity index (χ0) is 30.9. The molecule has 3 N–H and O–H groups in total. The molecule has 10 nitrogen and oxygen atoms in total. The third-order valence-corrected chi connectivity index (χ3v) is 9.29. The maximum absolute atomic E-state index is 14.3. The third kappa shape index (κ3) is 8.28. The van der Waals surface area contributed by atoms with Crippen LogP contribution in [0.5, 0.6) is 0 Å². The first-order valence-electron chi connectivity index (χ1n) is 16.3. The van der Waals surface area contributed by atoms with Crippen molar-refractivity contribution in [2.45, 2.75) is 96.2 Å². The molecule has 1 aliphatic heterocycles. The number of hydrogen-bond acceptors (Lipinski definition) is 5. The van der Waals surface area contributed by atoms with Gasteiger partial charge in [0.05, 0.1) is 13.2 Å². The van der Waals surface area contributed by atoms with Crippen molar-refractivity contribution in [3.63, 3.8) is 0 Å². The molecule has 2 aliphatic carbocycles. The van der Waals surface area contributed by atoms with E-state index in [0.717, 1.165) is 50.5 Å². The number of hydrogen-bond donors (Lipinski definition) is 3.